The molecule has 0 aliphatic rings. The number of benzene rings is 2. The van der Waals surface area contributed by atoms with Crippen LogP contribution in [0.5, 0.6) is 0 Å². The molecule has 0 amide bonds. The van der Waals surface area contributed by atoms with Gasteiger partial charge >= 0.3 is 0 Å². The van der Waals surface area contributed by atoms with Gasteiger partial charge in [-0.2, -0.15) is 0 Å². The Morgan fingerprint density at radius 3 is 2.40 bits per heavy atom. The minimum absolute atomic E-state index is 0.0263. The van der Waals surface area contributed by atoms with Crippen LogP contribution >= 0.6 is 27.5 Å². The minimum atomic E-state index is -0.350. The van der Waals surface area contributed by atoms with Crippen LogP contribution < -0.4 is 0 Å². The van der Waals surface area contributed by atoms with E-state index in [4.69, 9.17) is 11.6 Å². The molecule has 1 atom stereocenters. The van der Waals surface area contributed by atoms with Crippen molar-refractivity contribution in [1.29, 1.82) is 0 Å². The molecule has 20 heavy (non-hydrogen) atoms. The van der Waals surface area contributed by atoms with Gasteiger partial charge in [0.25, 0.3) is 0 Å². The van der Waals surface area contributed by atoms with Gasteiger partial charge in [0.2, 0.25) is 0 Å². The molecule has 106 valence electrons. The van der Waals surface area contributed by atoms with Crippen LogP contribution in [0.2, 0.25) is 5.02 Å². The maximum Gasteiger partial charge on any atom is 0.142 e. The van der Waals surface area contributed by atoms with E-state index in [0.29, 0.717) is 0 Å². The summed E-state index contributed by atoms with van der Waals surface area (Å²) in [5, 5.41) is 1.01. The summed E-state index contributed by atoms with van der Waals surface area (Å²) >= 11 is 9.39. The van der Waals surface area contributed by atoms with E-state index in [9.17, 15) is 4.39 Å². The molecule has 0 fully saturated rings. The standard InChI is InChI=1S/C17H17BrClF/c1-2-17(12-18,14-6-4-3-5-7-14)11-13-8-9-15(19)16(20)10-13/h3-10H,2,11-12H2,1H3. The normalized spacial score (nSPS) is 14.0. The van der Waals surface area contributed by atoms with Gasteiger partial charge in [0, 0.05) is 10.7 Å². The van der Waals surface area contributed by atoms with Crippen molar-refractivity contribution in [3.63, 3.8) is 0 Å². The SMILES string of the molecule is CCC(CBr)(Cc1ccc(Cl)c(F)c1)c1ccccc1. The van der Waals surface area contributed by atoms with E-state index < -0.39 is 0 Å². The largest absolute Gasteiger partial charge is 0.205 e. The van der Waals surface area contributed by atoms with Crippen molar-refractivity contribution in [1.82, 2.24) is 0 Å². The summed E-state index contributed by atoms with van der Waals surface area (Å²) in [5.41, 5.74) is 2.22. The lowest BCUT2D eigenvalue weighted by Gasteiger charge is -2.32. The highest BCUT2D eigenvalue weighted by Gasteiger charge is 2.29. The zero-order chi connectivity index (χ0) is 14.6. The van der Waals surface area contributed by atoms with Gasteiger partial charge in [-0.3, -0.25) is 0 Å². The molecular weight excluding hydrogens is 339 g/mol. The summed E-state index contributed by atoms with van der Waals surface area (Å²) in [5.74, 6) is -0.350. The van der Waals surface area contributed by atoms with Crippen LogP contribution in [-0.4, -0.2) is 5.33 Å². The highest BCUT2D eigenvalue weighted by Crippen LogP contribution is 2.34. The Hall–Kier alpha value is -0.860. The fourth-order valence-corrected chi connectivity index (χ4v) is 3.52. The molecule has 0 radical (unpaired) electrons. The summed E-state index contributed by atoms with van der Waals surface area (Å²) in [6.07, 6.45) is 1.76. The van der Waals surface area contributed by atoms with Crippen molar-refractivity contribution in [2.45, 2.75) is 25.2 Å². The molecule has 0 aromatic heterocycles. The van der Waals surface area contributed by atoms with Crippen molar-refractivity contribution in [3.8, 4) is 0 Å². The predicted molar refractivity (Wildman–Crippen MR) is 87.3 cm³/mol. The number of alkyl halides is 1. The summed E-state index contributed by atoms with van der Waals surface area (Å²) in [6, 6.07) is 15.5. The lowest BCUT2D eigenvalue weighted by Crippen LogP contribution is -2.30. The van der Waals surface area contributed by atoms with Crippen LogP contribution in [0.1, 0.15) is 24.5 Å². The summed E-state index contributed by atoms with van der Waals surface area (Å²) < 4.78 is 13.6. The van der Waals surface area contributed by atoms with E-state index in [1.165, 1.54) is 5.56 Å². The molecule has 3 heteroatoms. The van der Waals surface area contributed by atoms with Gasteiger partial charge in [-0.1, -0.05) is 70.9 Å². The number of hydrogen-bond donors (Lipinski definition) is 0. The van der Waals surface area contributed by atoms with Gasteiger partial charge in [-0.25, -0.2) is 4.39 Å². The topological polar surface area (TPSA) is 0 Å². The second kappa shape index (κ2) is 6.73. The molecule has 0 aliphatic carbocycles. The Balaban J connectivity index is 2.36. The zero-order valence-corrected chi connectivity index (χ0v) is 13.7. The van der Waals surface area contributed by atoms with E-state index in [2.05, 4.69) is 35.0 Å². The maximum absolute atomic E-state index is 13.6. The summed E-state index contributed by atoms with van der Waals surface area (Å²) in [6.45, 7) is 2.17. The Bertz CT molecular complexity index is 564. The fraction of sp³-hybridized carbons (Fsp3) is 0.294. The average molecular weight is 356 g/mol. The third kappa shape index (κ3) is 3.24. The molecule has 0 N–H and O–H groups in total. The second-order valence-corrected chi connectivity index (χ2v) is 6.03. The predicted octanol–water partition coefficient (Wildman–Crippen LogP) is 5.76. The highest BCUT2D eigenvalue weighted by atomic mass is 79.9. The summed E-state index contributed by atoms with van der Waals surface area (Å²) in [7, 11) is 0. The average Bonchev–Trinajstić information content (AvgIpc) is 2.49. The van der Waals surface area contributed by atoms with Crippen LogP contribution in [0, 0.1) is 5.82 Å². The lowest BCUT2D eigenvalue weighted by atomic mass is 9.75. The van der Waals surface area contributed by atoms with E-state index >= 15 is 0 Å². The lowest BCUT2D eigenvalue weighted by molar-refractivity contribution is 0.463. The van der Waals surface area contributed by atoms with Crippen LogP contribution in [0.15, 0.2) is 48.5 Å². The molecule has 0 aliphatic heterocycles. The molecule has 2 aromatic carbocycles. The first-order chi connectivity index (χ1) is 9.61. The van der Waals surface area contributed by atoms with E-state index in [1.54, 1.807) is 12.1 Å². The van der Waals surface area contributed by atoms with Crippen molar-refractivity contribution < 1.29 is 4.39 Å². The van der Waals surface area contributed by atoms with Crippen molar-refractivity contribution in [2.24, 2.45) is 0 Å². The molecule has 0 heterocycles. The summed E-state index contributed by atoms with van der Waals surface area (Å²) in [4.78, 5) is 0. The first-order valence-electron chi connectivity index (χ1n) is 6.67. The molecule has 0 spiro atoms. The molecule has 0 bridgehead atoms. The first-order valence-corrected chi connectivity index (χ1v) is 8.16. The third-order valence-electron chi connectivity index (χ3n) is 3.85. The van der Waals surface area contributed by atoms with Crippen LogP contribution in [0.3, 0.4) is 0 Å². The smallest absolute Gasteiger partial charge is 0.142 e. The number of halogens is 3. The first kappa shape index (κ1) is 15.5. The molecule has 2 aromatic rings. The van der Waals surface area contributed by atoms with Gasteiger partial charge in [0.15, 0.2) is 0 Å². The molecular formula is C17H17BrClF. The zero-order valence-electron chi connectivity index (χ0n) is 11.4. The van der Waals surface area contributed by atoms with E-state index in [1.807, 2.05) is 24.3 Å². The molecule has 1 unspecified atom stereocenters. The van der Waals surface area contributed by atoms with Crippen LogP contribution in [0.25, 0.3) is 0 Å². The number of rotatable bonds is 5. The van der Waals surface area contributed by atoms with Crippen LogP contribution in [-0.2, 0) is 11.8 Å². The van der Waals surface area contributed by atoms with Gasteiger partial charge < -0.3 is 0 Å². The van der Waals surface area contributed by atoms with Crippen molar-refractivity contribution >= 4 is 27.5 Å². The Kier molecular flexibility index (Phi) is 5.22. The molecule has 0 nitrogen and oxygen atoms in total. The monoisotopic (exact) mass is 354 g/mol. The van der Waals surface area contributed by atoms with Gasteiger partial charge in [-0.05, 0) is 36.1 Å². The molecule has 2 rings (SSSR count). The quantitative estimate of drug-likeness (QED) is 0.598. The Labute approximate surface area is 133 Å². The van der Waals surface area contributed by atoms with Crippen LogP contribution in [0.4, 0.5) is 4.39 Å². The Morgan fingerprint density at radius 2 is 1.85 bits per heavy atom. The second-order valence-electron chi connectivity index (χ2n) is 5.06. The van der Waals surface area contributed by atoms with Gasteiger partial charge in [0.1, 0.15) is 5.82 Å². The minimum Gasteiger partial charge on any atom is -0.205 e. The van der Waals surface area contributed by atoms with E-state index in [-0.39, 0.29) is 16.3 Å². The molecule has 0 saturated heterocycles. The number of hydrogen-bond acceptors (Lipinski definition) is 0. The van der Waals surface area contributed by atoms with Crippen molar-refractivity contribution in [3.05, 3.63) is 70.5 Å². The molecule has 0 saturated carbocycles. The van der Waals surface area contributed by atoms with E-state index in [0.717, 1.165) is 23.7 Å². The van der Waals surface area contributed by atoms with Gasteiger partial charge in [0.05, 0.1) is 5.02 Å². The Morgan fingerprint density at radius 1 is 1.15 bits per heavy atom. The van der Waals surface area contributed by atoms with Crippen molar-refractivity contribution in [2.75, 3.05) is 5.33 Å². The highest BCUT2D eigenvalue weighted by molar-refractivity contribution is 9.09. The third-order valence-corrected chi connectivity index (χ3v) is 5.23. The fourth-order valence-electron chi connectivity index (χ4n) is 2.48. The van der Waals surface area contributed by atoms with Gasteiger partial charge in [-0.15, -0.1) is 0 Å². The maximum atomic E-state index is 13.6.